The Hall–Kier alpha value is -2.17. The normalized spacial score (nSPS) is 10.3. The van der Waals surface area contributed by atoms with Gasteiger partial charge in [0.05, 0.1) is 0 Å². The van der Waals surface area contributed by atoms with E-state index in [1.807, 2.05) is 0 Å². The molecule has 1 heterocycles. The van der Waals surface area contributed by atoms with E-state index in [-0.39, 0.29) is 0 Å². The molecule has 0 aliphatic heterocycles. The molecule has 1 aromatic heterocycles. The Kier molecular flexibility index (Phi) is 2.96. The van der Waals surface area contributed by atoms with Crippen molar-refractivity contribution in [2.24, 2.45) is 0 Å². The molecule has 0 amide bonds. The molecule has 0 saturated carbocycles. The van der Waals surface area contributed by atoms with Crippen molar-refractivity contribution in [2.45, 2.75) is 0 Å². The van der Waals surface area contributed by atoms with Crippen molar-refractivity contribution in [3.63, 3.8) is 0 Å². The summed E-state index contributed by atoms with van der Waals surface area (Å²) in [6.45, 7) is 0. The average Bonchev–Trinajstić information content (AvgIpc) is 2.14. The van der Waals surface area contributed by atoms with E-state index in [4.69, 9.17) is 5.11 Å². The minimum absolute atomic E-state index is 0.311. The SMILES string of the molecule is O=C/C=C/c1cc(C(=O)O)oc(=O)c1. The van der Waals surface area contributed by atoms with Gasteiger partial charge >= 0.3 is 11.6 Å². The minimum Gasteiger partial charge on any atom is -0.475 e. The molecule has 72 valence electrons. The van der Waals surface area contributed by atoms with Gasteiger partial charge in [-0.15, -0.1) is 0 Å². The Morgan fingerprint density at radius 2 is 2.14 bits per heavy atom. The Balaban J connectivity index is 3.20. The van der Waals surface area contributed by atoms with E-state index in [1.54, 1.807) is 0 Å². The van der Waals surface area contributed by atoms with Crippen LogP contribution in [-0.4, -0.2) is 17.4 Å². The van der Waals surface area contributed by atoms with Crippen molar-refractivity contribution in [1.29, 1.82) is 0 Å². The van der Waals surface area contributed by atoms with E-state index in [1.165, 1.54) is 6.08 Å². The summed E-state index contributed by atoms with van der Waals surface area (Å²) in [5.41, 5.74) is -0.457. The Morgan fingerprint density at radius 1 is 1.43 bits per heavy atom. The molecule has 1 N–H and O–H groups in total. The summed E-state index contributed by atoms with van der Waals surface area (Å²) in [6, 6.07) is 2.25. The highest BCUT2D eigenvalue weighted by Gasteiger charge is 2.07. The van der Waals surface area contributed by atoms with Gasteiger partial charge < -0.3 is 9.52 Å². The second-order valence-corrected chi connectivity index (χ2v) is 2.37. The summed E-state index contributed by atoms with van der Waals surface area (Å²) in [6.07, 6.45) is 2.99. The van der Waals surface area contributed by atoms with Crippen molar-refractivity contribution in [3.8, 4) is 0 Å². The first-order chi connectivity index (χ1) is 6.63. The van der Waals surface area contributed by atoms with Gasteiger partial charge in [0.25, 0.3) is 0 Å². The van der Waals surface area contributed by atoms with Gasteiger partial charge in [0.1, 0.15) is 6.29 Å². The van der Waals surface area contributed by atoms with E-state index in [0.29, 0.717) is 11.8 Å². The van der Waals surface area contributed by atoms with Gasteiger partial charge in [-0.2, -0.15) is 0 Å². The lowest BCUT2D eigenvalue weighted by molar-refractivity contribution is -0.104. The molecular formula is C9H6O5. The number of aldehydes is 1. The Bertz CT molecular complexity index is 441. The summed E-state index contributed by atoms with van der Waals surface area (Å²) in [5.74, 6) is -1.79. The van der Waals surface area contributed by atoms with Crippen LogP contribution >= 0.6 is 0 Å². The molecule has 1 rings (SSSR count). The molecule has 0 aliphatic carbocycles. The number of hydrogen-bond acceptors (Lipinski definition) is 4. The largest absolute Gasteiger partial charge is 0.475 e. The maximum absolute atomic E-state index is 10.8. The molecule has 5 heteroatoms. The Labute approximate surface area is 78.3 Å². The molecule has 0 fully saturated rings. The lowest BCUT2D eigenvalue weighted by Gasteiger charge is -1.94. The number of carbonyl (C=O) groups is 2. The second-order valence-electron chi connectivity index (χ2n) is 2.37. The van der Waals surface area contributed by atoms with Crippen molar-refractivity contribution in [2.75, 3.05) is 0 Å². The second kappa shape index (κ2) is 4.18. The van der Waals surface area contributed by atoms with Gasteiger partial charge in [0, 0.05) is 6.07 Å². The van der Waals surface area contributed by atoms with E-state index < -0.39 is 17.4 Å². The van der Waals surface area contributed by atoms with Crippen molar-refractivity contribution >= 4 is 18.3 Å². The lowest BCUT2D eigenvalue weighted by Crippen LogP contribution is -2.05. The van der Waals surface area contributed by atoms with Gasteiger partial charge in [-0.1, -0.05) is 6.08 Å². The molecule has 0 saturated heterocycles. The molecule has 0 unspecified atom stereocenters. The van der Waals surface area contributed by atoms with E-state index in [2.05, 4.69) is 4.42 Å². The molecule has 0 aromatic carbocycles. The number of carbonyl (C=O) groups excluding carboxylic acids is 1. The highest BCUT2D eigenvalue weighted by atomic mass is 16.4. The fourth-order valence-corrected chi connectivity index (χ4v) is 0.848. The minimum atomic E-state index is -1.33. The monoisotopic (exact) mass is 194 g/mol. The zero-order chi connectivity index (χ0) is 10.6. The molecule has 14 heavy (non-hydrogen) atoms. The van der Waals surface area contributed by atoms with Crippen LogP contribution in [0.5, 0.6) is 0 Å². The van der Waals surface area contributed by atoms with E-state index in [9.17, 15) is 14.4 Å². The number of allylic oxidation sites excluding steroid dienone is 1. The smallest absolute Gasteiger partial charge is 0.371 e. The first kappa shape index (κ1) is 9.91. The molecule has 0 radical (unpaired) electrons. The molecule has 0 spiro atoms. The van der Waals surface area contributed by atoms with Gasteiger partial charge in [0.2, 0.25) is 5.76 Å². The van der Waals surface area contributed by atoms with Gasteiger partial charge in [-0.05, 0) is 17.7 Å². The quantitative estimate of drug-likeness (QED) is 0.561. The molecule has 0 bridgehead atoms. The summed E-state index contributed by atoms with van der Waals surface area (Å²) in [4.78, 5) is 31.3. The van der Waals surface area contributed by atoms with Crippen LogP contribution in [0.1, 0.15) is 16.1 Å². The predicted octanol–water partition coefficient (Wildman–Crippen LogP) is 0.550. The molecule has 0 aliphatic rings. The third-order valence-corrected chi connectivity index (χ3v) is 1.37. The number of carboxylic acids is 1. The summed E-state index contributed by atoms with van der Waals surface area (Å²) >= 11 is 0. The van der Waals surface area contributed by atoms with Crippen LogP contribution in [0.25, 0.3) is 6.08 Å². The first-order valence-electron chi connectivity index (χ1n) is 3.64. The molecular weight excluding hydrogens is 188 g/mol. The van der Waals surface area contributed by atoms with Crippen LogP contribution < -0.4 is 5.63 Å². The van der Waals surface area contributed by atoms with E-state index in [0.717, 1.165) is 18.2 Å². The average molecular weight is 194 g/mol. The fraction of sp³-hybridized carbons (Fsp3) is 0. The maximum Gasteiger partial charge on any atom is 0.371 e. The van der Waals surface area contributed by atoms with Gasteiger partial charge in [0.15, 0.2) is 0 Å². The zero-order valence-electron chi connectivity index (χ0n) is 6.97. The number of carboxylic acid groups (broad SMARTS) is 1. The standard InChI is InChI=1S/C9H6O5/c10-3-1-2-6-4-7(9(12)13)14-8(11)5-6/h1-5H,(H,12,13)/b2-1+. The molecule has 5 nitrogen and oxygen atoms in total. The van der Waals surface area contributed by atoms with Gasteiger partial charge in [-0.3, -0.25) is 4.79 Å². The highest BCUT2D eigenvalue weighted by Crippen LogP contribution is 2.03. The fourth-order valence-electron chi connectivity index (χ4n) is 0.848. The van der Waals surface area contributed by atoms with Crippen LogP contribution in [0.15, 0.2) is 27.4 Å². The zero-order valence-corrected chi connectivity index (χ0v) is 6.97. The van der Waals surface area contributed by atoms with Gasteiger partial charge in [-0.25, -0.2) is 9.59 Å². The highest BCUT2D eigenvalue weighted by molar-refractivity contribution is 5.85. The molecule has 0 atom stereocenters. The number of aromatic carboxylic acids is 1. The Morgan fingerprint density at radius 3 is 2.71 bits per heavy atom. The van der Waals surface area contributed by atoms with Crippen LogP contribution in [0.2, 0.25) is 0 Å². The van der Waals surface area contributed by atoms with Crippen LogP contribution in [0, 0.1) is 0 Å². The lowest BCUT2D eigenvalue weighted by atomic mass is 10.2. The van der Waals surface area contributed by atoms with Crippen molar-refractivity contribution < 1.29 is 19.1 Å². The van der Waals surface area contributed by atoms with Crippen LogP contribution in [-0.2, 0) is 4.79 Å². The van der Waals surface area contributed by atoms with Crippen LogP contribution in [0.4, 0.5) is 0 Å². The number of rotatable bonds is 3. The van der Waals surface area contributed by atoms with Crippen LogP contribution in [0.3, 0.4) is 0 Å². The van der Waals surface area contributed by atoms with Crippen molar-refractivity contribution in [3.05, 3.63) is 40.0 Å². The van der Waals surface area contributed by atoms with E-state index >= 15 is 0 Å². The molecule has 1 aromatic rings. The third-order valence-electron chi connectivity index (χ3n) is 1.37. The third kappa shape index (κ3) is 2.41. The summed E-state index contributed by atoms with van der Waals surface area (Å²) in [5, 5.41) is 8.53. The van der Waals surface area contributed by atoms with Crippen molar-refractivity contribution in [1.82, 2.24) is 0 Å². The predicted molar refractivity (Wildman–Crippen MR) is 47.0 cm³/mol. The first-order valence-corrected chi connectivity index (χ1v) is 3.64. The topological polar surface area (TPSA) is 84.6 Å². The summed E-state index contributed by atoms with van der Waals surface area (Å²) < 4.78 is 4.38. The maximum atomic E-state index is 10.8. The summed E-state index contributed by atoms with van der Waals surface area (Å²) in [7, 11) is 0. The number of hydrogen-bond donors (Lipinski definition) is 1.